The van der Waals surface area contributed by atoms with Gasteiger partial charge in [-0.3, -0.25) is 0 Å². The SMILES string of the molecule is Cc1c(F)cccc1CC1CCNCC1. The van der Waals surface area contributed by atoms with Crippen LogP contribution in [0.5, 0.6) is 0 Å². The highest BCUT2D eigenvalue weighted by atomic mass is 19.1. The fourth-order valence-electron chi connectivity index (χ4n) is 2.27. The van der Waals surface area contributed by atoms with Crippen molar-refractivity contribution < 1.29 is 4.39 Å². The first-order chi connectivity index (χ1) is 7.27. The highest BCUT2D eigenvalue weighted by molar-refractivity contribution is 5.27. The number of hydrogen-bond acceptors (Lipinski definition) is 1. The van der Waals surface area contributed by atoms with Crippen molar-refractivity contribution in [2.45, 2.75) is 26.2 Å². The Morgan fingerprint density at radius 1 is 1.33 bits per heavy atom. The average molecular weight is 207 g/mol. The highest BCUT2D eigenvalue weighted by Crippen LogP contribution is 2.21. The Bertz CT molecular complexity index is 329. The van der Waals surface area contributed by atoms with Crippen LogP contribution in [0.1, 0.15) is 24.0 Å². The predicted octanol–water partition coefficient (Wildman–Crippen LogP) is 2.68. The molecule has 0 unspecified atom stereocenters. The maximum Gasteiger partial charge on any atom is 0.126 e. The molecule has 1 fully saturated rings. The Labute approximate surface area is 90.7 Å². The molecule has 0 spiro atoms. The molecule has 2 rings (SSSR count). The third-order valence-electron chi connectivity index (χ3n) is 3.35. The molecule has 1 saturated heterocycles. The van der Waals surface area contributed by atoms with Crippen molar-refractivity contribution in [3.63, 3.8) is 0 Å². The topological polar surface area (TPSA) is 12.0 Å². The van der Waals surface area contributed by atoms with Gasteiger partial charge in [0.05, 0.1) is 0 Å². The van der Waals surface area contributed by atoms with Crippen LogP contribution in [-0.4, -0.2) is 13.1 Å². The lowest BCUT2D eigenvalue weighted by Crippen LogP contribution is -2.28. The monoisotopic (exact) mass is 207 g/mol. The number of halogens is 1. The van der Waals surface area contributed by atoms with Crippen molar-refractivity contribution >= 4 is 0 Å². The van der Waals surface area contributed by atoms with Crippen LogP contribution in [-0.2, 0) is 6.42 Å². The molecule has 0 aliphatic carbocycles. The Hall–Kier alpha value is -0.890. The van der Waals surface area contributed by atoms with E-state index in [4.69, 9.17) is 0 Å². The van der Waals surface area contributed by atoms with Crippen LogP contribution < -0.4 is 5.32 Å². The fourth-order valence-corrected chi connectivity index (χ4v) is 2.27. The summed E-state index contributed by atoms with van der Waals surface area (Å²) in [6.07, 6.45) is 3.47. The average Bonchev–Trinajstić information content (AvgIpc) is 2.26. The molecule has 0 atom stereocenters. The van der Waals surface area contributed by atoms with E-state index in [1.807, 2.05) is 13.0 Å². The van der Waals surface area contributed by atoms with Gasteiger partial charge in [-0.15, -0.1) is 0 Å². The fraction of sp³-hybridized carbons (Fsp3) is 0.538. The summed E-state index contributed by atoms with van der Waals surface area (Å²) in [5.74, 6) is 0.660. The molecule has 0 amide bonds. The van der Waals surface area contributed by atoms with Gasteiger partial charge in [-0.1, -0.05) is 12.1 Å². The summed E-state index contributed by atoms with van der Waals surface area (Å²) >= 11 is 0. The van der Waals surface area contributed by atoms with E-state index >= 15 is 0 Å². The molecule has 0 bridgehead atoms. The van der Waals surface area contributed by atoms with E-state index in [0.29, 0.717) is 0 Å². The van der Waals surface area contributed by atoms with Gasteiger partial charge in [0.1, 0.15) is 5.82 Å². The molecular weight excluding hydrogens is 189 g/mol. The molecule has 0 aromatic heterocycles. The second kappa shape index (κ2) is 4.75. The minimum atomic E-state index is -0.0681. The minimum absolute atomic E-state index is 0.0681. The molecule has 15 heavy (non-hydrogen) atoms. The molecule has 82 valence electrons. The zero-order valence-corrected chi connectivity index (χ0v) is 9.22. The van der Waals surface area contributed by atoms with E-state index in [2.05, 4.69) is 11.4 Å². The van der Waals surface area contributed by atoms with Crippen LogP contribution in [0.4, 0.5) is 4.39 Å². The van der Waals surface area contributed by atoms with Gasteiger partial charge in [0.25, 0.3) is 0 Å². The third-order valence-corrected chi connectivity index (χ3v) is 3.35. The first-order valence-electron chi connectivity index (χ1n) is 5.72. The van der Waals surface area contributed by atoms with Crippen LogP contribution >= 0.6 is 0 Å². The molecule has 1 aliphatic heterocycles. The van der Waals surface area contributed by atoms with Crippen molar-refractivity contribution in [1.29, 1.82) is 0 Å². The van der Waals surface area contributed by atoms with Crippen molar-refractivity contribution in [3.05, 3.63) is 35.1 Å². The lowest BCUT2D eigenvalue weighted by molar-refractivity contribution is 0.371. The normalized spacial score (nSPS) is 18.0. The van der Waals surface area contributed by atoms with E-state index in [1.54, 1.807) is 6.07 Å². The number of rotatable bonds is 2. The third kappa shape index (κ3) is 2.57. The summed E-state index contributed by atoms with van der Waals surface area (Å²) in [5, 5.41) is 3.35. The summed E-state index contributed by atoms with van der Waals surface area (Å²) < 4.78 is 13.3. The van der Waals surface area contributed by atoms with Gasteiger partial charge >= 0.3 is 0 Å². The van der Waals surface area contributed by atoms with E-state index < -0.39 is 0 Å². The summed E-state index contributed by atoms with van der Waals surface area (Å²) in [6.45, 7) is 4.10. The molecular formula is C13H18FN. The molecule has 1 aromatic carbocycles. The van der Waals surface area contributed by atoms with Crippen molar-refractivity contribution in [3.8, 4) is 0 Å². The second-order valence-electron chi connectivity index (χ2n) is 4.42. The van der Waals surface area contributed by atoms with E-state index in [9.17, 15) is 4.39 Å². The van der Waals surface area contributed by atoms with Crippen LogP contribution in [0.15, 0.2) is 18.2 Å². The molecule has 1 N–H and O–H groups in total. The summed E-state index contributed by atoms with van der Waals surface area (Å²) in [4.78, 5) is 0. The summed E-state index contributed by atoms with van der Waals surface area (Å²) in [7, 11) is 0. The zero-order valence-electron chi connectivity index (χ0n) is 9.22. The maximum absolute atomic E-state index is 13.3. The second-order valence-corrected chi connectivity index (χ2v) is 4.42. The first-order valence-corrected chi connectivity index (χ1v) is 5.72. The quantitative estimate of drug-likeness (QED) is 0.786. The van der Waals surface area contributed by atoms with Crippen LogP contribution in [0, 0.1) is 18.7 Å². The zero-order chi connectivity index (χ0) is 10.7. The van der Waals surface area contributed by atoms with E-state index in [0.717, 1.165) is 31.0 Å². The van der Waals surface area contributed by atoms with Crippen LogP contribution in [0.25, 0.3) is 0 Å². The molecule has 2 heteroatoms. The van der Waals surface area contributed by atoms with Gasteiger partial charge in [0.2, 0.25) is 0 Å². The number of piperidine rings is 1. The number of hydrogen-bond donors (Lipinski definition) is 1. The maximum atomic E-state index is 13.3. The van der Waals surface area contributed by atoms with Crippen LogP contribution in [0.3, 0.4) is 0 Å². The Morgan fingerprint density at radius 2 is 2.07 bits per heavy atom. The first kappa shape index (κ1) is 10.6. The molecule has 1 nitrogen and oxygen atoms in total. The van der Waals surface area contributed by atoms with Crippen molar-refractivity contribution in [2.24, 2.45) is 5.92 Å². The molecule has 1 aromatic rings. The Balaban J connectivity index is 2.06. The van der Waals surface area contributed by atoms with Gasteiger partial charge in [-0.05, 0) is 62.4 Å². The van der Waals surface area contributed by atoms with Gasteiger partial charge in [-0.2, -0.15) is 0 Å². The van der Waals surface area contributed by atoms with Crippen molar-refractivity contribution in [1.82, 2.24) is 5.32 Å². The van der Waals surface area contributed by atoms with E-state index in [-0.39, 0.29) is 5.82 Å². The number of nitrogens with one attached hydrogen (secondary N) is 1. The van der Waals surface area contributed by atoms with Crippen molar-refractivity contribution in [2.75, 3.05) is 13.1 Å². The Kier molecular flexibility index (Phi) is 3.37. The van der Waals surface area contributed by atoms with Gasteiger partial charge < -0.3 is 5.32 Å². The smallest absolute Gasteiger partial charge is 0.126 e. The largest absolute Gasteiger partial charge is 0.317 e. The lowest BCUT2D eigenvalue weighted by atomic mass is 9.89. The molecule has 1 aliphatic rings. The molecule has 0 saturated carbocycles. The summed E-state index contributed by atoms with van der Waals surface area (Å²) in [5.41, 5.74) is 2.01. The predicted molar refractivity (Wildman–Crippen MR) is 60.4 cm³/mol. The minimum Gasteiger partial charge on any atom is -0.317 e. The summed E-state index contributed by atoms with van der Waals surface area (Å²) in [6, 6.07) is 5.42. The molecule has 0 radical (unpaired) electrons. The van der Waals surface area contributed by atoms with E-state index in [1.165, 1.54) is 18.4 Å². The highest BCUT2D eigenvalue weighted by Gasteiger charge is 2.15. The van der Waals surface area contributed by atoms with Gasteiger partial charge in [0.15, 0.2) is 0 Å². The van der Waals surface area contributed by atoms with Gasteiger partial charge in [-0.25, -0.2) is 4.39 Å². The lowest BCUT2D eigenvalue weighted by Gasteiger charge is -2.23. The van der Waals surface area contributed by atoms with Crippen LogP contribution in [0.2, 0.25) is 0 Å². The molecule has 1 heterocycles. The van der Waals surface area contributed by atoms with Gasteiger partial charge in [0, 0.05) is 0 Å². The number of benzene rings is 1. The standard InChI is InChI=1S/C13H18FN/c1-10-12(3-2-4-13(10)14)9-11-5-7-15-8-6-11/h2-4,11,15H,5-9H2,1H3. The Morgan fingerprint density at radius 3 is 2.80 bits per heavy atom.